The van der Waals surface area contributed by atoms with E-state index in [2.05, 4.69) is 6.92 Å². The van der Waals surface area contributed by atoms with Gasteiger partial charge in [-0.15, -0.1) is 0 Å². The molecule has 0 bridgehead atoms. The second-order valence-corrected chi connectivity index (χ2v) is 8.26. The number of phenolic OH excluding ortho intramolecular Hbond substituents is 2. The van der Waals surface area contributed by atoms with E-state index in [9.17, 15) is 14.7 Å². The molecule has 0 atom stereocenters. The molecule has 0 amide bonds. The Kier molecular flexibility index (Phi) is 15.4. The summed E-state index contributed by atoms with van der Waals surface area (Å²) in [4.78, 5) is 22.4. The second kappa shape index (κ2) is 18.5. The van der Waals surface area contributed by atoms with Gasteiger partial charge < -0.3 is 24.8 Å². The van der Waals surface area contributed by atoms with Crippen molar-refractivity contribution < 1.29 is 34.4 Å². The highest BCUT2D eigenvalue weighted by Crippen LogP contribution is 2.17. The van der Waals surface area contributed by atoms with Gasteiger partial charge in [0.25, 0.3) is 0 Å². The van der Waals surface area contributed by atoms with E-state index in [-0.39, 0.29) is 30.3 Å². The molecule has 0 aliphatic carbocycles. The molecule has 0 unspecified atom stereocenters. The van der Waals surface area contributed by atoms with Crippen molar-refractivity contribution in [2.24, 2.45) is 0 Å². The molecule has 4 aromatic rings. The van der Waals surface area contributed by atoms with E-state index < -0.39 is 5.97 Å². The molecule has 0 aromatic heterocycles. The highest BCUT2D eigenvalue weighted by atomic mass is 16.5. The molecular formula is C33H38O7. The molecule has 0 saturated carbocycles. The number of hydrogen-bond acceptors (Lipinski definition) is 6. The van der Waals surface area contributed by atoms with Crippen LogP contribution in [-0.4, -0.2) is 40.3 Å². The molecule has 0 aliphatic rings. The average Bonchev–Trinajstić information content (AvgIpc) is 2.97. The van der Waals surface area contributed by atoms with E-state index in [1.165, 1.54) is 36.4 Å². The van der Waals surface area contributed by atoms with E-state index >= 15 is 0 Å². The lowest BCUT2D eigenvalue weighted by atomic mass is 10.0. The van der Waals surface area contributed by atoms with Crippen molar-refractivity contribution in [3.05, 3.63) is 120 Å². The van der Waals surface area contributed by atoms with Crippen LogP contribution in [0.4, 0.5) is 0 Å². The zero-order valence-electron chi connectivity index (χ0n) is 22.1. The summed E-state index contributed by atoms with van der Waals surface area (Å²) in [6, 6.07) is 28.6. The first-order chi connectivity index (χ1) is 18.8. The quantitative estimate of drug-likeness (QED) is 0.185. The summed E-state index contributed by atoms with van der Waals surface area (Å²) in [7, 11) is 0. The van der Waals surface area contributed by atoms with Gasteiger partial charge >= 0.3 is 5.97 Å². The fourth-order valence-electron chi connectivity index (χ4n) is 3.04. The van der Waals surface area contributed by atoms with Gasteiger partial charge in [-0.3, -0.25) is 4.79 Å². The largest absolute Gasteiger partial charge is 0.508 e. The Balaban J connectivity index is 0.000000324. The minimum atomic E-state index is -0.986. The molecule has 7 heteroatoms. The van der Waals surface area contributed by atoms with Crippen LogP contribution in [0.25, 0.3) is 0 Å². The van der Waals surface area contributed by atoms with Crippen LogP contribution in [0.2, 0.25) is 0 Å². The van der Waals surface area contributed by atoms with Crippen molar-refractivity contribution in [1.82, 2.24) is 0 Å². The first-order valence-electron chi connectivity index (χ1n) is 12.6. The zero-order chi connectivity index (χ0) is 28.5. The van der Waals surface area contributed by atoms with Gasteiger partial charge in [0.05, 0.1) is 18.8 Å². The lowest BCUT2D eigenvalue weighted by molar-refractivity contribution is 0.0696. The second-order valence-electron chi connectivity index (χ2n) is 8.26. The van der Waals surface area contributed by atoms with Gasteiger partial charge in [-0.1, -0.05) is 39.5 Å². The first-order valence-corrected chi connectivity index (χ1v) is 12.6. The highest BCUT2D eigenvalue weighted by Gasteiger charge is 2.09. The number of aromatic carboxylic acids is 1. The van der Waals surface area contributed by atoms with Crippen LogP contribution in [0.3, 0.4) is 0 Å². The maximum Gasteiger partial charge on any atom is 0.335 e. The van der Waals surface area contributed by atoms with Crippen LogP contribution in [0.5, 0.6) is 23.0 Å². The highest BCUT2D eigenvalue weighted by molar-refractivity contribution is 6.09. The molecule has 0 spiro atoms. The van der Waals surface area contributed by atoms with Gasteiger partial charge in [0, 0.05) is 11.1 Å². The van der Waals surface area contributed by atoms with Crippen LogP contribution >= 0.6 is 0 Å². The number of rotatable bonds is 9. The number of carboxylic acid groups (broad SMARTS) is 1. The fraction of sp³-hybridized carbons (Fsp3) is 0.212. The third kappa shape index (κ3) is 12.2. The zero-order valence-corrected chi connectivity index (χ0v) is 22.1. The predicted molar refractivity (Wildman–Crippen MR) is 158 cm³/mol. The van der Waals surface area contributed by atoms with Crippen molar-refractivity contribution in [1.29, 1.82) is 0 Å². The van der Waals surface area contributed by atoms with Crippen LogP contribution in [0.15, 0.2) is 103 Å². The fourth-order valence-corrected chi connectivity index (χ4v) is 3.04. The van der Waals surface area contributed by atoms with Crippen molar-refractivity contribution in [3.63, 3.8) is 0 Å². The molecular weight excluding hydrogens is 508 g/mol. The van der Waals surface area contributed by atoms with Crippen molar-refractivity contribution >= 4 is 11.8 Å². The minimum absolute atomic E-state index is 0. The Bertz CT molecular complexity index is 1250. The van der Waals surface area contributed by atoms with E-state index in [1.807, 2.05) is 37.3 Å². The number of carboxylic acids is 1. The van der Waals surface area contributed by atoms with Crippen LogP contribution in [0, 0.1) is 0 Å². The number of benzene rings is 4. The average molecular weight is 547 g/mol. The van der Waals surface area contributed by atoms with Gasteiger partial charge in [-0.25, -0.2) is 4.79 Å². The number of para-hydroxylation sites is 1. The Morgan fingerprint density at radius 3 is 1.35 bits per heavy atom. The summed E-state index contributed by atoms with van der Waals surface area (Å²) < 4.78 is 10.8. The maximum atomic E-state index is 12.2. The number of hydrogen-bond donors (Lipinski definition) is 3. The van der Waals surface area contributed by atoms with Gasteiger partial charge in [0.1, 0.15) is 23.0 Å². The topological polar surface area (TPSA) is 113 Å². The standard InChI is InChI=1S/C16H16O3.C9H12O.C7H6O3.CH4/c1-2-11-19-15-9-5-13(6-10-15)16(18)12-3-7-14(17)8-4-12;1-2-8-10-9-6-4-3-5-7-9;8-6-3-1-5(2-4-6)7(9)10;/h3-10,17H,2,11H2,1H3;3-7H,2,8H2,1H3;1-4,8H,(H,9,10);1H4. The molecule has 0 heterocycles. The number of carbonyl (C=O) groups excluding carboxylic acids is 1. The number of aromatic hydroxyl groups is 2. The van der Waals surface area contributed by atoms with Gasteiger partial charge in [0.2, 0.25) is 0 Å². The predicted octanol–water partition coefficient (Wildman–Crippen LogP) is 7.61. The maximum absolute atomic E-state index is 12.2. The molecule has 0 aliphatic heterocycles. The molecule has 212 valence electrons. The third-order valence-electron chi connectivity index (χ3n) is 5.05. The summed E-state index contributed by atoms with van der Waals surface area (Å²) in [5.41, 5.74) is 1.34. The number of ketones is 1. The molecule has 40 heavy (non-hydrogen) atoms. The van der Waals surface area contributed by atoms with Crippen molar-refractivity contribution in [2.75, 3.05) is 13.2 Å². The van der Waals surface area contributed by atoms with Gasteiger partial charge in [-0.2, -0.15) is 0 Å². The summed E-state index contributed by atoms with van der Waals surface area (Å²) in [5.74, 6) is 0.903. The monoisotopic (exact) mass is 546 g/mol. The molecule has 0 radical (unpaired) electrons. The van der Waals surface area contributed by atoms with Gasteiger partial charge in [-0.05, 0) is 97.8 Å². The van der Waals surface area contributed by atoms with Crippen molar-refractivity contribution in [2.45, 2.75) is 34.1 Å². The summed E-state index contributed by atoms with van der Waals surface area (Å²) >= 11 is 0. The smallest absolute Gasteiger partial charge is 0.335 e. The van der Waals surface area contributed by atoms with E-state index in [0.29, 0.717) is 17.7 Å². The third-order valence-corrected chi connectivity index (χ3v) is 5.05. The van der Waals surface area contributed by atoms with E-state index in [4.69, 9.17) is 19.7 Å². The number of phenols is 2. The van der Waals surface area contributed by atoms with E-state index in [1.54, 1.807) is 36.4 Å². The Morgan fingerprint density at radius 2 is 0.950 bits per heavy atom. The van der Waals surface area contributed by atoms with Crippen LogP contribution < -0.4 is 9.47 Å². The summed E-state index contributed by atoms with van der Waals surface area (Å²) in [5, 5.41) is 26.3. The Morgan fingerprint density at radius 1 is 0.575 bits per heavy atom. The number of ether oxygens (including phenoxy) is 2. The van der Waals surface area contributed by atoms with Crippen molar-refractivity contribution in [3.8, 4) is 23.0 Å². The Hall–Kier alpha value is -4.78. The summed E-state index contributed by atoms with van der Waals surface area (Å²) in [6.45, 7) is 5.63. The van der Waals surface area contributed by atoms with Crippen LogP contribution in [-0.2, 0) is 0 Å². The minimum Gasteiger partial charge on any atom is -0.508 e. The molecule has 0 saturated heterocycles. The molecule has 0 fully saturated rings. The lowest BCUT2D eigenvalue weighted by Gasteiger charge is -2.05. The molecule has 4 aromatic carbocycles. The molecule has 3 N–H and O–H groups in total. The lowest BCUT2D eigenvalue weighted by Crippen LogP contribution is -2.01. The molecule has 4 rings (SSSR count). The molecule has 7 nitrogen and oxygen atoms in total. The first kappa shape index (κ1) is 33.2. The Labute approximate surface area is 236 Å². The SMILES string of the molecule is C.CCCOc1ccc(C(=O)c2ccc(O)cc2)cc1.CCCOc1ccccc1.O=C(O)c1ccc(O)cc1. The normalized spacial score (nSPS) is 9.45. The van der Waals surface area contributed by atoms with Gasteiger partial charge in [0.15, 0.2) is 5.78 Å². The van der Waals surface area contributed by atoms with E-state index in [0.717, 1.165) is 30.9 Å². The van der Waals surface area contributed by atoms with Crippen LogP contribution in [0.1, 0.15) is 60.4 Å². The number of carbonyl (C=O) groups is 2. The summed E-state index contributed by atoms with van der Waals surface area (Å²) in [6.07, 6.45) is 2.02.